The smallest absolute Gasteiger partial charge is 0.294 e. The number of amidine groups is 1. The minimum atomic E-state index is 0.376. The summed E-state index contributed by atoms with van der Waals surface area (Å²) in [7, 11) is 1.76. The molecule has 278 valence electrons. The molecule has 0 amide bonds. The van der Waals surface area contributed by atoms with E-state index in [1.807, 2.05) is 0 Å². The molecule has 0 radical (unpaired) electrons. The molecule has 0 aromatic heterocycles. The fourth-order valence-electron chi connectivity index (χ4n) is 7.11. The predicted molar refractivity (Wildman–Crippen MR) is 220 cm³/mol. The molecule has 2 rings (SSSR count). The Balaban J connectivity index is 2.33. The lowest BCUT2D eigenvalue weighted by molar-refractivity contribution is 0.402. The molecule has 0 aliphatic carbocycles. The Hall–Kier alpha value is -2.29. The summed E-state index contributed by atoms with van der Waals surface area (Å²) in [4.78, 5) is 5.30. The van der Waals surface area contributed by atoms with Crippen LogP contribution in [0.2, 0.25) is 0 Å². The van der Waals surface area contributed by atoms with Crippen LogP contribution in [0.4, 0.5) is 11.4 Å². The number of hydrogen-bond donors (Lipinski definition) is 1. The molecule has 0 aliphatic rings. The number of ether oxygens (including phenoxy) is 1. The largest absolute Gasteiger partial charge is 0.468 e. The Bertz CT molecular complexity index is 1160. The van der Waals surface area contributed by atoms with Crippen LogP contribution in [0.5, 0.6) is 0 Å². The number of benzene rings is 2. The summed E-state index contributed by atoms with van der Waals surface area (Å²) in [5, 5.41) is 3.75. The average Bonchev–Trinajstić information content (AvgIpc) is 3.06. The van der Waals surface area contributed by atoms with E-state index in [2.05, 4.69) is 98.8 Å². The number of unbranched alkanes of at least 4 members (excludes halogenated alkanes) is 14. The van der Waals surface area contributed by atoms with Crippen molar-refractivity contribution in [1.29, 1.82) is 0 Å². The van der Waals surface area contributed by atoms with Gasteiger partial charge in [0.15, 0.2) is 0 Å². The Morgan fingerprint density at radius 3 is 1.16 bits per heavy atom. The number of hydrogen-bond acceptors (Lipinski definition) is 2. The third-order valence-corrected chi connectivity index (χ3v) is 10.3. The highest BCUT2D eigenvalue weighted by Gasteiger charge is 2.20. The maximum absolute atomic E-state index is 6.05. The number of rotatable bonds is 24. The molecule has 0 saturated carbocycles. The fourth-order valence-corrected chi connectivity index (χ4v) is 7.11. The summed E-state index contributed by atoms with van der Waals surface area (Å²) in [5.74, 6) is 1.54. The van der Waals surface area contributed by atoms with Gasteiger partial charge >= 0.3 is 0 Å². The Morgan fingerprint density at radius 1 is 0.510 bits per heavy atom. The van der Waals surface area contributed by atoms with Crippen molar-refractivity contribution in [2.75, 3.05) is 12.4 Å². The van der Waals surface area contributed by atoms with Gasteiger partial charge in [-0.2, -0.15) is 4.99 Å². The maximum Gasteiger partial charge on any atom is 0.294 e. The van der Waals surface area contributed by atoms with Crippen LogP contribution < -0.4 is 5.32 Å². The summed E-state index contributed by atoms with van der Waals surface area (Å²) in [6.07, 6.45) is 24.0. The lowest BCUT2D eigenvalue weighted by Crippen LogP contribution is -2.18. The number of methoxy groups -OCH3 is 1. The predicted octanol–water partition coefficient (Wildman–Crippen LogP) is 15.3. The van der Waals surface area contributed by atoms with Gasteiger partial charge in [-0.15, -0.1) is 0 Å². The highest BCUT2D eigenvalue weighted by atomic mass is 16.5. The molecule has 3 heteroatoms. The fraction of sp³-hybridized carbons (Fsp3) is 0.717. The molecule has 0 atom stereocenters. The van der Waals surface area contributed by atoms with Gasteiger partial charge in [-0.3, -0.25) is 0 Å². The second kappa shape index (κ2) is 24.0. The van der Waals surface area contributed by atoms with Gasteiger partial charge in [0, 0.05) is 5.69 Å². The Kier molecular flexibility index (Phi) is 21.0. The van der Waals surface area contributed by atoms with E-state index in [0.29, 0.717) is 29.7 Å². The van der Waals surface area contributed by atoms with Gasteiger partial charge in [0.1, 0.15) is 0 Å². The highest BCUT2D eigenvalue weighted by molar-refractivity contribution is 5.93. The zero-order valence-electron chi connectivity index (χ0n) is 34.2. The van der Waals surface area contributed by atoms with Crippen molar-refractivity contribution < 1.29 is 4.74 Å². The number of nitrogens with zero attached hydrogens (tertiary/aromatic N) is 1. The van der Waals surface area contributed by atoms with Crippen LogP contribution >= 0.6 is 0 Å². The Labute approximate surface area is 304 Å². The van der Waals surface area contributed by atoms with E-state index in [9.17, 15) is 0 Å². The van der Waals surface area contributed by atoms with Crippen LogP contribution in [0.25, 0.3) is 0 Å². The SMILES string of the molecule is CCCCCCCCCCc1cc(C(C)C)c(N=C(Nc2c(C(C)C)cc(CCCCCCCCCC)cc2C(C)C)OC)c(C(C)C)c1. The second-order valence-corrected chi connectivity index (χ2v) is 16.1. The van der Waals surface area contributed by atoms with Gasteiger partial charge in [0.2, 0.25) is 0 Å². The van der Waals surface area contributed by atoms with Crippen molar-refractivity contribution in [2.45, 2.75) is 208 Å². The average molecular weight is 675 g/mol. The lowest BCUT2D eigenvalue weighted by atomic mass is 9.88. The molecule has 1 N–H and O–H groups in total. The first kappa shape index (κ1) is 42.9. The summed E-state index contributed by atoms with van der Waals surface area (Å²) in [5.41, 5.74) is 10.6. The number of aliphatic imine (C=N–C) groups is 1. The summed E-state index contributed by atoms with van der Waals surface area (Å²) < 4.78 is 6.05. The van der Waals surface area contributed by atoms with Crippen LogP contribution in [-0.4, -0.2) is 13.1 Å². The van der Waals surface area contributed by atoms with Gasteiger partial charge < -0.3 is 10.1 Å². The first-order valence-corrected chi connectivity index (χ1v) is 20.8. The van der Waals surface area contributed by atoms with Crippen molar-refractivity contribution in [2.24, 2.45) is 4.99 Å². The van der Waals surface area contributed by atoms with Crippen molar-refractivity contribution in [1.82, 2.24) is 0 Å². The standard InChI is InChI=1S/C46H78N2O/c1-12-14-16-18-20-22-24-26-28-38-30-40(34(3)4)44(41(31-38)35(5)6)47-46(49-11)48-45-42(36(7)8)32-39(33-43(45)37(9)10)29-27-25-23-21-19-17-15-13-2/h30-37H,12-29H2,1-11H3,(H,47,48). The molecular weight excluding hydrogens is 597 g/mol. The van der Waals surface area contributed by atoms with Crippen molar-refractivity contribution in [3.8, 4) is 0 Å². The van der Waals surface area contributed by atoms with Gasteiger partial charge in [-0.05, 0) is 82.7 Å². The highest BCUT2D eigenvalue weighted by Crippen LogP contribution is 2.38. The van der Waals surface area contributed by atoms with E-state index in [1.54, 1.807) is 7.11 Å². The minimum Gasteiger partial charge on any atom is -0.468 e. The number of nitrogens with one attached hydrogen (secondary N) is 1. The molecule has 49 heavy (non-hydrogen) atoms. The van der Waals surface area contributed by atoms with E-state index in [0.717, 1.165) is 18.5 Å². The number of anilines is 1. The van der Waals surface area contributed by atoms with E-state index in [-0.39, 0.29) is 0 Å². The topological polar surface area (TPSA) is 33.6 Å². The van der Waals surface area contributed by atoms with Crippen LogP contribution in [0.15, 0.2) is 29.3 Å². The van der Waals surface area contributed by atoms with Crippen molar-refractivity contribution >= 4 is 17.4 Å². The molecule has 0 heterocycles. The van der Waals surface area contributed by atoms with Crippen LogP contribution in [0.3, 0.4) is 0 Å². The zero-order valence-corrected chi connectivity index (χ0v) is 34.2. The van der Waals surface area contributed by atoms with Crippen LogP contribution in [-0.2, 0) is 17.6 Å². The molecule has 0 fully saturated rings. The first-order chi connectivity index (χ1) is 23.5. The quantitative estimate of drug-likeness (QED) is 0.0683. The molecule has 2 aromatic carbocycles. The third-order valence-electron chi connectivity index (χ3n) is 10.3. The lowest BCUT2D eigenvalue weighted by Gasteiger charge is -2.24. The molecule has 3 nitrogen and oxygen atoms in total. The van der Waals surface area contributed by atoms with E-state index < -0.39 is 0 Å². The van der Waals surface area contributed by atoms with Gasteiger partial charge in [0.05, 0.1) is 12.8 Å². The van der Waals surface area contributed by atoms with E-state index in [4.69, 9.17) is 9.73 Å². The van der Waals surface area contributed by atoms with Gasteiger partial charge in [-0.25, -0.2) is 0 Å². The minimum absolute atomic E-state index is 0.376. The Morgan fingerprint density at radius 2 is 0.837 bits per heavy atom. The van der Waals surface area contributed by atoms with Gasteiger partial charge in [-0.1, -0.05) is 183 Å². The second-order valence-electron chi connectivity index (χ2n) is 16.1. The third kappa shape index (κ3) is 15.2. The van der Waals surface area contributed by atoms with Crippen LogP contribution in [0, 0.1) is 0 Å². The molecule has 0 bridgehead atoms. The summed E-state index contributed by atoms with van der Waals surface area (Å²) in [6, 6.07) is 10.4. The van der Waals surface area contributed by atoms with Gasteiger partial charge in [0.25, 0.3) is 6.02 Å². The molecule has 2 aromatic rings. The normalized spacial score (nSPS) is 12.3. The molecule has 0 saturated heterocycles. The summed E-state index contributed by atoms with van der Waals surface area (Å²) >= 11 is 0. The summed E-state index contributed by atoms with van der Waals surface area (Å²) in [6.45, 7) is 23.1. The first-order valence-electron chi connectivity index (χ1n) is 20.8. The molecule has 0 spiro atoms. The van der Waals surface area contributed by atoms with Crippen molar-refractivity contribution in [3.63, 3.8) is 0 Å². The maximum atomic E-state index is 6.05. The molecule has 0 unspecified atom stereocenters. The molecule has 0 aliphatic heterocycles. The van der Waals surface area contributed by atoms with Crippen molar-refractivity contribution in [3.05, 3.63) is 57.6 Å². The molecular formula is C46H78N2O. The van der Waals surface area contributed by atoms with E-state index >= 15 is 0 Å². The van der Waals surface area contributed by atoms with E-state index in [1.165, 1.54) is 142 Å². The number of aryl methyl sites for hydroxylation is 2. The zero-order chi connectivity index (χ0) is 36.2. The van der Waals surface area contributed by atoms with Crippen LogP contribution in [0.1, 0.15) is 229 Å². The monoisotopic (exact) mass is 675 g/mol.